The van der Waals surface area contributed by atoms with Crippen LogP contribution in [0, 0.1) is 18.3 Å². The SMILES string of the molecule is Cc1ccc(-c2csc3ncn(CC(=O)Nc4sc5c(c4C#N)CCC5)c(=O)c23)cc1. The number of aromatic nitrogens is 2. The van der Waals surface area contributed by atoms with E-state index in [1.165, 1.54) is 38.4 Å². The fourth-order valence-electron chi connectivity index (χ4n) is 3.96. The average molecular weight is 447 g/mol. The zero-order valence-corrected chi connectivity index (χ0v) is 18.4. The van der Waals surface area contributed by atoms with E-state index in [2.05, 4.69) is 16.4 Å². The summed E-state index contributed by atoms with van der Waals surface area (Å²) in [6.45, 7) is 1.86. The van der Waals surface area contributed by atoms with Gasteiger partial charge in [0.25, 0.3) is 5.56 Å². The summed E-state index contributed by atoms with van der Waals surface area (Å²) in [4.78, 5) is 32.1. The van der Waals surface area contributed by atoms with Crippen LogP contribution < -0.4 is 10.9 Å². The molecule has 3 heterocycles. The van der Waals surface area contributed by atoms with Crippen molar-refractivity contribution in [3.8, 4) is 17.2 Å². The molecule has 3 aromatic heterocycles. The van der Waals surface area contributed by atoms with Gasteiger partial charge in [-0.1, -0.05) is 29.8 Å². The highest BCUT2D eigenvalue weighted by molar-refractivity contribution is 7.17. The van der Waals surface area contributed by atoms with Crippen LogP contribution in [0.3, 0.4) is 0 Å². The number of aryl methyl sites for hydroxylation is 2. The minimum absolute atomic E-state index is 0.154. The summed E-state index contributed by atoms with van der Waals surface area (Å²) >= 11 is 2.88. The van der Waals surface area contributed by atoms with Crippen molar-refractivity contribution in [2.24, 2.45) is 0 Å². The quantitative estimate of drug-likeness (QED) is 0.500. The molecule has 1 N–H and O–H groups in total. The van der Waals surface area contributed by atoms with Crippen LogP contribution in [0.4, 0.5) is 5.00 Å². The molecule has 6 nitrogen and oxygen atoms in total. The van der Waals surface area contributed by atoms with Gasteiger partial charge < -0.3 is 5.32 Å². The molecule has 0 fully saturated rings. The third-order valence-corrected chi connectivity index (χ3v) is 7.62. The molecule has 4 aromatic rings. The summed E-state index contributed by atoms with van der Waals surface area (Å²) in [5.41, 5.74) is 4.30. The summed E-state index contributed by atoms with van der Waals surface area (Å²) < 4.78 is 1.33. The van der Waals surface area contributed by atoms with Gasteiger partial charge in [0, 0.05) is 15.8 Å². The second-order valence-corrected chi connectivity index (χ2v) is 9.56. The number of thiophene rings is 2. The Labute approximate surface area is 186 Å². The number of nitrogens with one attached hydrogen (secondary N) is 1. The molecular formula is C23H18N4O2S2. The van der Waals surface area contributed by atoms with Crippen molar-refractivity contribution in [2.75, 3.05) is 5.32 Å². The number of fused-ring (bicyclic) bond motifs is 2. The van der Waals surface area contributed by atoms with E-state index in [9.17, 15) is 14.9 Å². The third kappa shape index (κ3) is 3.46. The van der Waals surface area contributed by atoms with Crippen molar-refractivity contribution < 1.29 is 4.79 Å². The van der Waals surface area contributed by atoms with Crippen LogP contribution in [0.2, 0.25) is 0 Å². The van der Waals surface area contributed by atoms with Gasteiger partial charge in [-0.2, -0.15) is 5.26 Å². The fourth-order valence-corrected chi connectivity index (χ4v) is 6.12. The summed E-state index contributed by atoms with van der Waals surface area (Å²) in [5.74, 6) is -0.341. The van der Waals surface area contributed by atoms with Crippen LogP contribution in [0.1, 0.15) is 28.0 Å². The van der Waals surface area contributed by atoms with Gasteiger partial charge in [0.05, 0.1) is 17.3 Å². The number of rotatable bonds is 4. The van der Waals surface area contributed by atoms with E-state index in [0.29, 0.717) is 20.8 Å². The molecular weight excluding hydrogens is 428 g/mol. The van der Waals surface area contributed by atoms with Crippen molar-refractivity contribution >= 4 is 43.8 Å². The predicted molar refractivity (Wildman–Crippen MR) is 124 cm³/mol. The van der Waals surface area contributed by atoms with Crippen LogP contribution in [0.15, 0.2) is 40.8 Å². The highest BCUT2D eigenvalue weighted by Crippen LogP contribution is 2.38. The van der Waals surface area contributed by atoms with Crippen LogP contribution in [-0.2, 0) is 24.2 Å². The summed E-state index contributed by atoms with van der Waals surface area (Å²) in [7, 11) is 0. The van der Waals surface area contributed by atoms with Crippen LogP contribution in [-0.4, -0.2) is 15.5 Å². The summed E-state index contributed by atoms with van der Waals surface area (Å²) in [5, 5.41) is 15.4. The van der Waals surface area contributed by atoms with E-state index in [1.54, 1.807) is 0 Å². The smallest absolute Gasteiger partial charge is 0.263 e. The molecule has 0 unspecified atom stereocenters. The lowest BCUT2D eigenvalue weighted by molar-refractivity contribution is -0.116. The van der Waals surface area contributed by atoms with E-state index >= 15 is 0 Å². The highest BCUT2D eigenvalue weighted by Gasteiger charge is 2.23. The minimum atomic E-state index is -0.341. The number of benzene rings is 1. The monoisotopic (exact) mass is 446 g/mol. The summed E-state index contributed by atoms with van der Waals surface area (Å²) in [6, 6.07) is 10.2. The van der Waals surface area contributed by atoms with Crippen LogP contribution >= 0.6 is 22.7 Å². The van der Waals surface area contributed by atoms with Gasteiger partial charge in [-0.15, -0.1) is 22.7 Å². The lowest BCUT2D eigenvalue weighted by atomic mass is 10.1. The number of anilines is 1. The standard InChI is InChI=1S/C23H18N4O2S2/c1-13-5-7-14(8-6-13)17-11-30-22-20(17)23(29)27(12-25-22)10-19(28)26-21-16(9-24)15-3-2-4-18(15)31-21/h5-8,11-12H,2-4,10H2,1H3,(H,26,28). The van der Waals surface area contributed by atoms with Gasteiger partial charge >= 0.3 is 0 Å². The van der Waals surface area contributed by atoms with Crippen molar-refractivity contribution in [1.29, 1.82) is 5.26 Å². The number of hydrogen-bond donors (Lipinski definition) is 1. The predicted octanol–water partition coefficient (Wildman–Crippen LogP) is 4.49. The number of hydrogen-bond acceptors (Lipinski definition) is 6. The molecule has 0 saturated carbocycles. The van der Waals surface area contributed by atoms with Crippen molar-refractivity contribution in [3.05, 3.63) is 67.9 Å². The zero-order valence-electron chi connectivity index (χ0n) is 16.8. The second kappa shape index (κ2) is 7.76. The third-order valence-electron chi connectivity index (χ3n) is 5.52. The van der Waals surface area contributed by atoms with E-state index in [0.717, 1.165) is 41.5 Å². The topological polar surface area (TPSA) is 87.8 Å². The molecule has 1 aliphatic carbocycles. The molecule has 0 saturated heterocycles. The largest absolute Gasteiger partial charge is 0.315 e. The van der Waals surface area contributed by atoms with Crippen LogP contribution in [0.5, 0.6) is 0 Å². The number of carbonyl (C=O) groups is 1. The van der Waals surface area contributed by atoms with Crippen molar-refractivity contribution in [2.45, 2.75) is 32.7 Å². The second-order valence-electron chi connectivity index (χ2n) is 7.59. The molecule has 0 bridgehead atoms. The molecule has 0 aliphatic heterocycles. The highest BCUT2D eigenvalue weighted by atomic mass is 32.1. The number of carbonyl (C=O) groups excluding carboxylic acids is 1. The van der Waals surface area contributed by atoms with E-state index in [1.807, 2.05) is 36.6 Å². The minimum Gasteiger partial charge on any atom is -0.315 e. The molecule has 1 aromatic carbocycles. The fraction of sp³-hybridized carbons (Fsp3) is 0.217. The molecule has 0 spiro atoms. The first-order valence-electron chi connectivity index (χ1n) is 9.93. The lowest BCUT2D eigenvalue weighted by Gasteiger charge is -2.07. The van der Waals surface area contributed by atoms with E-state index < -0.39 is 0 Å². The maximum Gasteiger partial charge on any atom is 0.263 e. The Hall–Kier alpha value is -3.28. The van der Waals surface area contributed by atoms with Crippen molar-refractivity contribution in [1.82, 2.24) is 9.55 Å². The van der Waals surface area contributed by atoms with Gasteiger partial charge in [0.15, 0.2) is 0 Å². The van der Waals surface area contributed by atoms with E-state index in [4.69, 9.17) is 0 Å². The Bertz CT molecular complexity index is 1420. The Morgan fingerprint density at radius 1 is 1.29 bits per heavy atom. The van der Waals surface area contributed by atoms with Crippen molar-refractivity contribution in [3.63, 3.8) is 0 Å². The maximum absolute atomic E-state index is 13.2. The Morgan fingerprint density at radius 2 is 2.10 bits per heavy atom. The van der Waals surface area contributed by atoms with Gasteiger partial charge in [0.1, 0.15) is 22.4 Å². The normalized spacial score (nSPS) is 12.6. The molecule has 5 rings (SSSR count). The number of nitriles is 1. The van der Waals surface area contributed by atoms with Gasteiger partial charge in [-0.25, -0.2) is 4.98 Å². The first-order chi connectivity index (χ1) is 15.0. The van der Waals surface area contributed by atoms with E-state index in [-0.39, 0.29) is 18.0 Å². The van der Waals surface area contributed by atoms with Gasteiger partial charge in [-0.3, -0.25) is 14.2 Å². The van der Waals surface area contributed by atoms with Gasteiger partial charge in [-0.05, 0) is 37.3 Å². The molecule has 0 radical (unpaired) electrons. The van der Waals surface area contributed by atoms with Crippen LogP contribution in [0.25, 0.3) is 21.3 Å². The molecule has 1 amide bonds. The molecule has 31 heavy (non-hydrogen) atoms. The lowest BCUT2D eigenvalue weighted by Crippen LogP contribution is -2.27. The maximum atomic E-state index is 13.2. The molecule has 154 valence electrons. The number of amides is 1. The Balaban J connectivity index is 1.45. The molecule has 8 heteroatoms. The Kier molecular flexibility index (Phi) is 4.93. The summed E-state index contributed by atoms with van der Waals surface area (Å²) in [6.07, 6.45) is 4.30. The Morgan fingerprint density at radius 3 is 2.87 bits per heavy atom. The first kappa shape index (κ1) is 19.7. The first-order valence-corrected chi connectivity index (χ1v) is 11.6. The number of nitrogens with zero attached hydrogens (tertiary/aromatic N) is 3. The molecule has 0 atom stereocenters. The van der Waals surface area contributed by atoms with Gasteiger partial charge in [0.2, 0.25) is 5.91 Å². The average Bonchev–Trinajstić information content (AvgIpc) is 3.45. The molecule has 1 aliphatic rings. The zero-order chi connectivity index (χ0) is 21.5.